The Bertz CT molecular complexity index is 991. The number of carbonyl (C=O) groups excluding carboxylic acids is 3. The number of azide groups is 1. The molecule has 1 aromatic carbocycles. The molecule has 0 unspecified atom stereocenters. The fraction of sp³-hybridized carbons (Fsp3) is 0.522. The molecule has 1 fully saturated rings. The number of aliphatic hydroxyl groups excluding tert-OH is 1. The number of amides is 3. The second-order valence-corrected chi connectivity index (χ2v) is 9.10. The molecule has 1 aliphatic rings. The molecule has 0 spiro atoms. The summed E-state index contributed by atoms with van der Waals surface area (Å²) in [5.74, 6) is 0.537. The van der Waals surface area contributed by atoms with Crippen LogP contribution in [-0.2, 0) is 19.0 Å². The molecule has 0 bridgehead atoms. The minimum atomic E-state index is -1.47. The number of primary amides is 1. The zero-order valence-electron chi connectivity index (χ0n) is 20.9. The van der Waals surface area contributed by atoms with Gasteiger partial charge in [-0.05, 0) is 48.9 Å². The van der Waals surface area contributed by atoms with E-state index in [0.29, 0.717) is 30.2 Å². The molecular formula is C23H32N6O8S. The molecule has 2 rings (SSSR count). The molecule has 5 atom stereocenters. The first kappa shape index (κ1) is 30.6. The summed E-state index contributed by atoms with van der Waals surface area (Å²) in [6.45, 7) is 5.47. The van der Waals surface area contributed by atoms with Gasteiger partial charge in [0.05, 0.1) is 19.3 Å². The van der Waals surface area contributed by atoms with Crippen LogP contribution in [0.1, 0.15) is 19.8 Å². The normalized spacial score (nSPS) is 22.3. The van der Waals surface area contributed by atoms with Crippen molar-refractivity contribution in [3.63, 3.8) is 0 Å². The topological polar surface area (TPSA) is 207 Å². The van der Waals surface area contributed by atoms with Gasteiger partial charge in [-0.1, -0.05) is 17.8 Å². The molecule has 15 heteroatoms. The second-order valence-electron chi connectivity index (χ2n) is 7.90. The van der Waals surface area contributed by atoms with Gasteiger partial charge in [-0.2, -0.15) is 0 Å². The first-order chi connectivity index (χ1) is 18.3. The van der Waals surface area contributed by atoms with Gasteiger partial charge in [-0.15, -0.1) is 11.8 Å². The monoisotopic (exact) mass is 552 g/mol. The minimum absolute atomic E-state index is 0.0817. The Balaban J connectivity index is 2.24. The Kier molecular flexibility index (Phi) is 13.1. The van der Waals surface area contributed by atoms with Gasteiger partial charge in [0.15, 0.2) is 6.10 Å². The van der Waals surface area contributed by atoms with Crippen molar-refractivity contribution in [1.82, 2.24) is 5.32 Å². The number of benzene rings is 1. The van der Waals surface area contributed by atoms with Gasteiger partial charge in [-0.25, -0.2) is 9.59 Å². The van der Waals surface area contributed by atoms with Crippen LogP contribution in [0.2, 0.25) is 0 Å². The lowest BCUT2D eigenvalue weighted by Gasteiger charge is -2.43. The van der Waals surface area contributed by atoms with Crippen LogP contribution in [0.4, 0.5) is 15.3 Å². The Morgan fingerprint density at radius 3 is 2.68 bits per heavy atom. The van der Waals surface area contributed by atoms with E-state index in [4.69, 9.17) is 30.2 Å². The lowest BCUT2D eigenvalue weighted by atomic mass is 9.97. The van der Waals surface area contributed by atoms with E-state index < -0.39 is 47.9 Å². The van der Waals surface area contributed by atoms with Gasteiger partial charge in [-0.3, -0.25) is 10.1 Å². The van der Waals surface area contributed by atoms with Gasteiger partial charge >= 0.3 is 12.2 Å². The SMILES string of the molecule is C=CCOC(=O)N[C@@H]1[C@@H](OC(=O)Nc2ccc(OCC)cc2)[C@@H](O)[C@@H](CN=[N+]=[N-])O[C@@H]1SCCCC(N)=O. The molecular weight excluding hydrogens is 520 g/mol. The van der Waals surface area contributed by atoms with Crippen molar-refractivity contribution >= 4 is 35.5 Å². The predicted octanol–water partition coefficient (Wildman–Crippen LogP) is 2.68. The lowest BCUT2D eigenvalue weighted by molar-refractivity contribution is -0.154. The number of hydrogen-bond donors (Lipinski definition) is 4. The van der Waals surface area contributed by atoms with Crippen LogP contribution in [0.15, 0.2) is 42.0 Å². The summed E-state index contributed by atoms with van der Waals surface area (Å²) < 4.78 is 21.8. The number of nitrogens with zero attached hydrogens (tertiary/aromatic N) is 3. The molecule has 208 valence electrons. The number of thioether (sulfide) groups is 1. The quantitative estimate of drug-likeness (QED) is 0.0878. The van der Waals surface area contributed by atoms with E-state index in [1.807, 2.05) is 6.92 Å². The third-order valence-corrected chi connectivity index (χ3v) is 6.38. The summed E-state index contributed by atoms with van der Waals surface area (Å²) in [5.41, 5.74) is 13.5. The van der Waals surface area contributed by atoms with Gasteiger partial charge in [0.25, 0.3) is 0 Å². The average Bonchev–Trinajstić information content (AvgIpc) is 2.89. The predicted molar refractivity (Wildman–Crippen MR) is 140 cm³/mol. The van der Waals surface area contributed by atoms with E-state index in [-0.39, 0.29) is 19.6 Å². The summed E-state index contributed by atoms with van der Waals surface area (Å²) in [6, 6.07) is 5.47. The minimum Gasteiger partial charge on any atom is -0.494 e. The van der Waals surface area contributed by atoms with Crippen LogP contribution in [0.5, 0.6) is 5.75 Å². The number of hydrogen-bond acceptors (Lipinski definition) is 10. The standard InChI is InChI=1S/C23H32N6O8S/c1-3-11-35-22(32)28-18-20(37-23(33)27-14-7-9-15(10-8-14)34-4-2)19(31)16(13-26-29-25)36-21(18)38-12-5-6-17(24)30/h3,7-10,16,18-21,31H,1,4-6,11-13H2,2H3,(H2,24,30)(H,27,33)(H,28,32)/t16-,18-,19+,20-,21-/m1/s1. The maximum atomic E-state index is 12.8. The molecule has 3 amide bonds. The number of ether oxygens (including phenoxy) is 4. The Morgan fingerprint density at radius 2 is 2.05 bits per heavy atom. The van der Waals surface area contributed by atoms with Crippen LogP contribution in [0.25, 0.3) is 10.4 Å². The summed E-state index contributed by atoms with van der Waals surface area (Å²) in [4.78, 5) is 39.0. The molecule has 0 aliphatic carbocycles. The van der Waals surface area contributed by atoms with Crippen molar-refractivity contribution < 1.29 is 38.4 Å². The Labute approximate surface area is 223 Å². The van der Waals surface area contributed by atoms with Gasteiger partial charge in [0, 0.05) is 17.0 Å². The van der Waals surface area contributed by atoms with Crippen molar-refractivity contribution in [1.29, 1.82) is 0 Å². The number of anilines is 1. The van der Waals surface area contributed by atoms with Gasteiger partial charge in [0.1, 0.15) is 29.9 Å². The number of alkyl carbamates (subject to hydrolysis) is 1. The maximum Gasteiger partial charge on any atom is 0.412 e. The van der Waals surface area contributed by atoms with Crippen LogP contribution in [-0.4, -0.2) is 78.5 Å². The van der Waals surface area contributed by atoms with E-state index >= 15 is 0 Å². The summed E-state index contributed by atoms with van der Waals surface area (Å²) >= 11 is 1.20. The third kappa shape index (κ3) is 10.0. The highest BCUT2D eigenvalue weighted by atomic mass is 32.2. The van der Waals surface area contributed by atoms with Crippen molar-refractivity contribution in [3.05, 3.63) is 47.4 Å². The number of carbonyl (C=O) groups is 3. The third-order valence-electron chi connectivity index (χ3n) is 5.12. The number of nitrogens with two attached hydrogens (primary N) is 1. The van der Waals surface area contributed by atoms with Crippen LogP contribution >= 0.6 is 11.8 Å². The highest BCUT2D eigenvalue weighted by Crippen LogP contribution is 2.31. The van der Waals surface area contributed by atoms with Crippen LogP contribution in [0.3, 0.4) is 0 Å². The molecule has 1 heterocycles. The highest BCUT2D eigenvalue weighted by Gasteiger charge is 2.48. The maximum absolute atomic E-state index is 12.8. The average molecular weight is 553 g/mol. The largest absolute Gasteiger partial charge is 0.494 e. The lowest BCUT2D eigenvalue weighted by Crippen LogP contribution is -2.64. The zero-order valence-corrected chi connectivity index (χ0v) is 21.7. The first-order valence-corrected chi connectivity index (χ1v) is 12.8. The van der Waals surface area contributed by atoms with Crippen molar-refractivity contribution in [2.24, 2.45) is 10.8 Å². The van der Waals surface area contributed by atoms with E-state index in [1.54, 1.807) is 24.3 Å². The summed E-state index contributed by atoms with van der Waals surface area (Å²) in [5, 5.41) is 19.6. The fourth-order valence-electron chi connectivity index (χ4n) is 3.45. The molecule has 38 heavy (non-hydrogen) atoms. The molecule has 1 saturated heterocycles. The van der Waals surface area contributed by atoms with Crippen molar-refractivity contribution in [2.45, 2.75) is 49.6 Å². The number of aliphatic hydroxyl groups is 1. The zero-order chi connectivity index (χ0) is 27.9. The van der Waals surface area contributed by atoms with Crippen LogP contribution in [0, 0.1) is 0 Å². The van der Waals surface area contributed by atoms with Crippen molar-refractivity contribution in [3.8, 4) is 5.75 Å². The number of rotatable bonds is 14. The molecule has 1 aromatic rings. The smallest absolute Gasteiger partial charge is 0.412 e. The van der Waals surface area contributed by atoms with Gasteiger partial charge < -0.3 is 35.1 Å². The van der Waals surface area contributed by atoms with Gasteiger partial charge in [0.2, 0.25) is 5.91 Å². The second kappa shape index (κ2) is 16.2. The Hall–Kier alpha value is -3.65. The van der Waals surface area contributed by atoms with Crippen molar-refractivity contribution in [2.75, 3.05) is 30.8 Å². The molecule has 14 nitrogen and oxygen atoms in total. The fourth-order valence-corrected chi connectivity index (χ4v) is 4.65. The molecule has 5 N–H and O–H groups in total. The van der Waals surface area contributed by atoms with E-state index in [9.17, 15) is 19.5 Å². The van der Waals surface area contributed by atoms with E-state index in [1.165, 1.54) is 17.8 Å². The highest BCUT2D eigenvalue weighted by molar-refractivity contribution is 7.99. The van der Waals surface area contributed by atoms with E-state index in [0.717, 1.165) is 0 Å². The molecule has 0 radical (unpaired) electrons. The first-order valence-electron chi connectivity index (χ1n) is 11.8. The summed E-state index contributed by atoms with van der Waals surface area (Å²) in [7, 11) is 0. The molecule has 0 saturated carbocycles. The van der Waals surface area contributed by atoms with Crippen LogP contribution < -0.4 is 21.1 Å². The van der Waals surface area contributed by atoms with E-state index in [2.05, 4.69) is 27.2 Å². The molecule has 0 aromatic heterocycles. The molecule has 1 aliphatic heterocycles. The number of nitrogens with one attached hydrogen (secondary N) is 2. The Morgan fingerprint density at radius 1 is 1.32 bits per heavy atom. The summed E-state index contributed by atoms with van der Waals surface area (Å²) in [6.07, 6.45) is -3.70.